The maximum Gasteiger partial charge on any atom is 0.250 e. The van der Waals surface area contributed by atoms with Crippen LogP contribution in [-0.2, 0) is 4.79 Å². The lowest BCUT2D eigenvalue weighted by molar-refractivity contribution is -0.114. The standard InChI is InChI=1S/C5H8N2OS/c1-9-5-3(6)2-4(8)7-5/h2,9H,6H2,1H3,(H,7,8). The Balaban J connectivity index is 2.89. The van der Waals surface area contributed by atoms with E-state index in [1.54, 1.807) is 0 Å². The van der Waals surface area contributed by atoms with Gasteiger partial charge in [-0.2, -0.15) is 11.4 Å². The van der Waals surface area contributed by atoms with Gasteiger partial charge in [0, 0.05) is 6.08 Å². The summed E-state index contributed by atoms with van der Waals surface area (Å²) in [5.74, 6) is -0.114. The van der Waals surface area contributed by atoms with Crippen molar-refractivity contribution in [3.8, 4) is 0 Å². The van der Waals surface area contributed by atoms with Gasteiger partial charge in [0.25, 0.3) is 5.91 Å². The lowest BCUT2D eigenvalue weighted by Gasteiger charge is -1.95. The highest BCUT2D eigenvalue weighted by Gasteiger charge is 2.12. The summed E-state index contributed by atoms with van der Waals surface area (Å²) in [5.41, 5.74) is 5.97. The molecule has 3 N–H and O–H groups in total. The fourth-order valence-electron chi connectivity index (χ4n) is 0.620. The zero-order chi connectivity index (χ0) is 6.85. The average molecular weight is 144 g/mol. The molecule has 1 aliphatic heterocycles. The van der Waals surface area contributed by atoms with Gasteiger partial charge in [0.2, 0.25) is 0 Å². The van der Waals surface area contributed by atoms with Crippen molar-refractivity contribution in [1.29, 1.82) is 0 Å². The second kappa shape index (κ2) is 2.23. The summed E-state index contributed by atoms with van der Waals surface area (Å²) in [5, 5.41) is 2.60. The van der Waals surface area contributed by atoms with Crippen molar-refractivity contribution >= 4 is 22.2 Å². The molecule has 4 heteroatoms. The van der Waals surface area contributed by atoms with Crippen LogP contribution in [0.25, 0.3) is 0 Å². The largest absolute Gasteiger partial charge is 0.396 e. The molecule has 0 atom stereocenters. The molecule has 1 heterocycles. The molecular formula is C5H8N2OS. The number of carbonyl (C=O) groups excluding carboxylic acids is 1. The minimum absolute atomic E-state index is 0.114. The number of amides is 1. The summed E-state index contributed by atoms with van der Waals surface area (Å²) >= 11 is 1.00. The van der Waals surface area contributed by atoms with Crippen LogP contribution in [0.15, 0.2) is 11.8 Å². The smallest absolute Gasteiger partial charge is 0.250 e. The molecule has 0 saturated carbocycles. The van der Waals surface area contributed by atoms with Gasteiger partial charge in [0.15, 0.2) is 0 Å². The van der Waals surface area contributed by atoms with Crippen LogP contribution in [0.2, 0.25) is 0 Å². The molecule has 0 unspecified atom stereocenters. The molecule has 9 heavy (non-hydrogen) atoms. The SMILES string of the molecule is C[SH]=C1NC(=O)C=C1N. The molecule has 0 saturated heterocycles. The molecule has 0 fully saturated rings. The molecule has 1 aliphatic rings. The molecule has 50 valence electrons. The highest BCUT2D eigenvalue weighted by Crippen LogP contribution is 1.98. The Hall–Kier alpha value is -0.770. The fraction of sp³-hybridized carbons (Fsp3) is 0.200. The molecule has 1 amide bonds. The van der Waals surface area contributed by atoms with E-state index in [4.69, 9.17) is 5.73 Å². The number of thiol groups is 1. The van der Waals surface area contributed by atoms with Crippen molar-refractivity contribution in [1.82, 2.24) is 5.32 Å². The van der Waals surface area contributed by atoms with E-state index in [0.29, 0.717) is 5.70 Å². The number of nitrogens with two attached hydrogens (primary N) is 1. The third-order valence-corrected chi connectivity index (χ3v) is 1.84. The predicted octanol–water partition coefficient (Wildman–Crippen LogP) is -0.816. The summed E-state index contributed by atoms with van der Waals surface area (Å²) in [6.07, 6.45) is 3.31. The van der Waals surface area contributed by atoms with Crippen molar-refractivity contribution in [2.24, 2.45) is 5.73 Å². The van der Waals surface area contributed by atoms with Crippen molar-refractivity contribution in [3.63, 3.8) is 0 Å². The maximum atomic E-state index is 10.5. The third kappa shape index (κ3) is 1.13. The van der Waals surface area contributed by atoms with E-state index in [9.17, 15) is 4.79 Å². The van der Waals surface area contributed by atoms with E-state index in [0.717, 1.165) is 16.3 Å². The van der Waals surface area contributed by atoms with Gasteiger partial charge in [0.1, 0.15) is 0 Å². The first-order valence-electron chi connectivity index (χ1n) is 2.49. The first-order valence-corrected chi connectivity index (χ1v) is 3.83. The van der Waals surface area contributed by atoms with Gasteiger partial charge in [-0.25, -0.2) is 0 Å². The molecule has 0 spiro atoms. The predicted molar refractivity (Wildman–Crippen MR) is 40.3 cm³/mol. The quantitative estimate of drug-likeness (QED) is 0.307. The summed E-state index contributed by atoms with van der Waals surface area (Å²) in [7, 11) is 0. The van der Waals surface area contributed by atoms with Crippen LogP contribution in [0.5, 0.6) is 0 Å². The maximum absolute atomic E-state index is 10.5. The lowest BCUT2D eigenvalue weighted by atomic mass is 10.5. The number of rotatable bonds is 0. The van der Waals surface area contributed by atoms with Gasteiger partial charge in [0.05, 0.1) is 10.7 Å². The van der Waals surface area contributed by atoms with Gasteiger partial charge >= 0.3 is 0 Å². The van der Waals surface area contributed by atoms with Crippen LogP contribution < -0.4 is 11.1 Å². The van der Waals surface area contributed by atoms with Crippen LogP contribution >= 0.6 is 11.4 Å². The first kappa shape index (κ1) is 6.35. The Morgan fingerprint density at radius 1 is 1.78 bits per heavy atom. The molecule has 0 bridgehead atoms. The highest BCUT2D eigenvalue weighted by atomic mass is 32.1. The van der Waals surface area contributed by atoms with Gasteiger partial charge in [-0.15, -0.1) is 0 Å². The lowest BCUT2D eigenvalue weighted by Crippen LogP contribution is -2.23. The van der Waals surface area contributed by atoms with Crippen LogP contribution in [0, 0.1) is 0 Å². The van der Waals surface area contributed by atoms with Crippen molar-refractivity contribution in [2.75, 3.05) is 6.26 Å². The van der Waals surface area contributed by atoms with Crippen molar-refractivity contribution in [3.05, 3.63) is 11.8 Å². The zero-order valence-corrected chi connectivity index (χ0v) is 5.90. The Bertz CT molecular complexity index is 207. The van der Waals surface area contributed by atoms with Crippen LogP contribution in [0.3, 0.4) is 0 Å². The molecular weight excluding hydrogens is 136 g/mol. The molecule has 0 aliphatic carbocycles. The van der Waals surface area contributed by atoms with Crippen LogP contribution in [0.4, 0.5) is 0 Å². The minimum atomic E-state index is -0.114. The normalized spacial score (nSPS) is 23.0. The van der Waals surface area contributed by atoms with Gasteiger partial charge in [-0.1, -0.05) is 0 Å². The minimum Gasteiger partial charge on any atom is -0.396 e. The summed E-state index contributed by atoms with van der Waals surface area (Å²) in [6.45, 7) is 0. The number of carbonyl (C=O) groups is 1. The van der Waals surface area contributed by atoms with Crippen LogP contribution in [0.1, 0.15) is 0 Å². The molecule has 0 radical (unpaired) electrons. The van der Waals surface area contributed by atoms with Gasteiger partial charge < -0.3 is 11.1 Å². The van der Waals surface area contributed by atoms with E-state index in [1.165, 1.54) is 6.08 Å². The monoisotopic (exact) mass is 144 g/mol. The number of hydrogen-bond acceptors (Lipinski definition) is 2. The van der Waals surface area contributed by atoms with Crippen LogP contribution in [-0.4, -0.2) is 17.2 Å². The van der Waals surface area contributed by atoms with E-state index in [-0.39, 0.29) is 5.91 Å². The first-order chi connectivity index (χ1) is 4.24. The topological polar surface area (TPSA) is 55.1 Å². The van der Waals surface area contributed by atoms with Gasteiger partial charge in [-0.05, 0) is 6.26 Å². The average Bonchev–Trinajstić information content (AvgIpc) is 2.10. The highest BCUT2D eigenvalue weighted by molar-refractivity contribution is 7.98. The Morgan fingerprint density at radius 2 is 2.44 bits per heavy atom. The molecule has 0 aromatic rings. The summed E-state index contributed by atoms with van der Waals surface area (Å²) < 4.78 is 0. The second-order valence-corrected chi connectivity index (χ2v) is 2.56. The van der Waals surface area contributed by atoms with Gasteiger partial charge in [-0.3, -0.25) is 4.79 Å². The number of nitrogens with one attached hydrogen (secondary N) is 1. The second-order valence-electron chi connectivity index (χ2n) is 1.66. The van der Waals surface area contributed by atoms with E-state index < -0.39 is 0 Å². The Morgan fingerprint density at radius 3 is 2.67 bits per heavy atom. The summed E-state index contributed by atoms with van der Waals surface area (Å²) in [6, 6.07) is 0. The molecule has 1 rings (SSSR count). The Labute approximate surface area is 56.9 Å². The third-order valence-electron chi connectivity index (χ3n) is 1.03. The zero-order valence-electron chi connectivity index (χ0n) is 5.01. The van der Waals surface area contributed by atoms with Crippen molar-refractivity contribution in [2.45, 2.75) is 0 Å². The molecule has 3 nitrogen and oxygen atoms in total. The van der Waals surface area contributed by atoms with Crippen molar-refractivity contribution < 1.29 is 4.79 Å². The van der Waals surface area contributed by atoms with E-state index in [1.807, 2.05) is 6.26 Å². The molecule has 0 aromatic heterocycles. The van der Waals surface area contributed by atoms with E-state index in [2.05, 4.69) is 5.32 Å². The Kier molecular flexibility index (Phi) is 1.57. The van der Waals surface area contributed by atoms with E-state index >= 15 is 0 Å². The fourth-order valence-corrected chi connectivity index (χ4v) is 1.16. The summed E-state index contributed by atoms with van der Waals surface area (Å²) in [4.78, 5) is 11.3. The number of hydrogen-bond donors (Lipinski definition) is 3. The molecule has 0 aromatic carbocycles.